The molecule has 1 aromatic rings. The van der Waals surface area contributed by atoms with Crippen LogP contribution in [0.3, 0.4) is 0 Å². The molecule has 118 valence electrons. The predicted octanol–water partition coefficient (Wildman–Crippen LogP) is 0.994. The topological polar surface area (TPSA) is 60.9 Å². The van der Waals surface area contributed by atoms with E-state index < -0.39 is 0 Å². The summed E-state index contributed by atoms with van der Waals surface area (Å²) < 4.78 is 0. The molecule has 6 nitrogen and oxygen atoms in total. The molecule has 0 aliphatic carbocycles. The zero-order valence-corrected chi connectivity index (χ0v) is 13.1. The SMILES string of the molecule is CC(=O)N(CC(=O)N1CCN(C=O)CC1)c1ccc(Cl)cc1. The Hall–Kier alpha value is -2.08. The van der Waals surface area contributed by atoms with Crippen molar-refractivity contribution in [3.8, 4) is 0 Å². The Labute approximate surface area is 134 Å². The van der Waals surface area contributed by atoms with Gasteiger partial charge < -0.3 is 14.7 Å². The zero-order valence-electron chi connectivity index (χ0n) is 12.4. The molecule has 0 unspecified atom stereocenters. The second-order valence-corrected chi connectivity index (χ2v) is 5.54. The summed E-state index contributed by atoms with van der Waals surface area (Å²) in [4.78, 5) is 39.6. The summed E-state index contributed by atoms with van der Waals surface area (Å²) in [5.41, 5.74) is 0.636. The molecular formula is C15H18ClN3O3. The van der Waals surface area contributed by atoms with Crippen molar-refractivity contribution in [2.75, 3.05) is 37.6 Å². The van der Waals surface area contributed by atoms with Crippen LogP contribution in [0.4, 0.5) is 5.69 Å². The van der Waals surface area contributed by atoms with Gasteiger partial charge >= 0.3 is 0 Å². The summed E-state index contributed by atoms with van der Waals surface area (Å²) in [6.07, 6.45) is 0.789. The first-order chi connectivity index (χ1) is 10.5. The van der Waals surface area contributed by atoms with Crippen LogP contribution < -0.4 is 4.90 Å². The molecule has 0 atom stereocenters. The van der Waals surface area contributed by atoms with Crippen molar-refractivity contribution in [1.82, 2.24) is 9.80 Å². The zero-order chi connectivity index (χ0) is 16.1. The van der Waals surface area contributed by atoms with Crippen LogP contribution in [0.5, 0.6) is 0 Å². The molecule has 2 rings (SSSR count). The molecule has 1 heterocycles. The van der Waals surface area contributed by atoms with Crippen LogP contribution in [0.1, 0.15) is 6.92 Å². The van der Waals surface area contributed by atoms with E-state index in [9.17, 15) is 14.4 Å². The van der Waals surface area contributed by atoms with E-state index >= 15 is 0 Å². The number of carbonyl (C=O) groups is 3. The quantitative estimate of drug-likeness (QED) is 0.776. The highest BCUT2D eigenvalue weighted by Gasteiger charge is 2.23. The largest absolute Gasteiger partial charge is 0.342 e. The molecule has 0 N–H and O–H groups in total. The molecule has 0 radical (unpaired) electrons. The summed E-state index contributed by atoms with van der Waals surface area (Å²) in [7, 11) is 0. The first kappa shape index (κ1) is 16.3. The van der Waals surface area contributed by atoms with Gasteiger partial charge in [-0.25, -0.2) is 0 Å². The molecule has 1 fully saturated rings. The lowest BCUT2D eigenvalue weighted by molar-refractivity contribution is -0.134. The summed E-state index contributed by atoms with van der Waals surface area (Å²) >= 11 is 5.84. The Morgan fingerprint density at radius 3 is 2.27 bits per heavy atom. The lowest BCUT2D eigenvalue weighted by Crippen LogP contribution is -2.51. The summed E-state index contributed by atoms with van der Waals surface area (Å²) in [6.45, 7) is 3.44. The number of hydrogen-bond donors (Lipinski definition) is 0. The number of anilines is 1. The second-order valence-electron chi connectivity index (χ2n) is 5.10. The molecule has 22 heavy (non-hydrogen) atoms. The molecule has 1 aliphatic heterocycles. The van der Waals surface area contributed by atoms with Crippen molar-refractivity contribution in [3.63, 3.8) is 0 Å². The molecule has 1 aliphatic rings. The highest BCUT2D eigenvalue weighted by Crippen LogP contribution is 2.18. The molecule has 0 bridgehead atoms. The van der Waals surface area contributed by atoms with Gasteiger partial charge in [0, 0.05) is 43.8 Å². The van der Waals surface area contributed by atoms with Crippen molar-refractivity contribution in [3.05, 3.63) is 29.3 Å². The number of nitrogens with zero attached hydrogens (tertiary/aromatic N) is 3. The minimum atomic E-state index is -0.206. The predicted molar refractivity (Wildman–Crippen MR) is 83.7 cm³/mol. The fourth-order valence-corrected chi connectivity index (χ4v) is 2.44. The number of carbonyl (C=O) groups excluding carboxylic acids is 3. The fraction of sp³-hybridized carbons (Fsp3) is 0.400. The van der Waals surface area contributed by atoms with Crippen molar-refractivity contribution in [2.24, 2.45) is 0 Å². The highest BCUT2D eigenvalue weighted by atomic mass is 35.5. The van der Waals surface area contributed by atoms with Crippen molar-refractivity contribution >= 4 is 35.5 Å². The third-order valence-electron chi connectivity index (χ3n) is 3.63. The summed E-state index contributed by atoms with van der Waals surface area (Å²) in [5.74, 6) is -0.335. The molecule has 0 aromatic heterocycles. The van der Waals surface area contributed by atoms with Crippen LogP contribution in [-0.4, -0.2) is 60.7 Å². The van der Waals surface area contributed by atoms with Crippen LogP contribution >= 0.6 is 11.6 Å². The van der Waals surface area contributed by atoms with E-state index in [2.05, 4.69) is 0 Å². The smallest absolute Gasteiger partial charge is 0.242 e. The van der Waals surface area contributed by atoms with Gasteiger partial charge in [0.1, 0.15) is 6.54 Å². The standard InChI is InChI=1S/C15H18ClN3O3/c1-12(21)19(14-4-2-13(16)3-5-14)10-15(22)18-8-6-17(11-20)7-9-18/h2-5,11H,6-10H2,1H3. The Morgan fingerprint density at radius 1 is 1.18 bits per heavy atom. The maximum atomic E-state index is 12.3. The lowest BCUT2D eigenvalue weighted by Gasteiger charge is -2.34. The van der Waals surface area contributed by atoms with Crippen molar-refractivity contribution in [1.29, 1.82) is 0 Å². The summed E-state index contributed by atoms with van der Waals surface area (Å²) in [6, 6.07) is 6.78. The van der Waals surface area contributed by atoms with Crippen LogP contribution in [0.2, 0.25) is 5.02 Å². The Kier molecular flexibility index (Phi) is 5.38. The minimum absolute atomic E-state index is 0.0158. The average Bonchev–Trinajstić information content (AvgIpc) is 2.53. The molecule has 3 amide bonds. The Bertz CT molecular complexity index is 554. The van der Waals surface area contributed by atoms with Gasteiger partial charge in [0.25, 0.3) is 0 Å². The summed E-state index contributed by atoms with van der Waals surface area (Å²) in [5, 5.41) is 0.573. The minimum Gasteiger partial charge on any atom is -0.342 e. The first-order valence-electron chi connectivity index (χ1n) is 7.02. The van der Waals surface area contributed by atoms with Crippen molar-refractivity contribution < 1.29 is 14.4 Å². The number of benzene rings is 1. The normalized spacial score (nSPS) is 14.6. The first-order valence-corrected chi connectivity index (χ1v) is 7.40. The van der Waals surface area contributed by atoms with Crippen LogP contribution in [-0.2, 0) is 14.4 Å². The van der Waals surface area contributed by atoms with E-state index in [-0.39, 0.29) is 18.4 Å². The molecular weight excluding hydrogens is 306 g/mol. The van der Waals surface area contributed by atoms with Gasteiger partial charge in [-0.1, -0.05) is 11.6 Å². The van der Waals surface area contributed by atoms with Gasteiger partial charge in [-0.05, 0) is 24.3 Å². The van der Waals surface area contributed by atoms with Gasteiger partial charge in [-0.2, -0.15) is 0 Å². The average molecular weight is 324 g/mol. The number of hydrogen-bond acceptors (Lipinski definition) is 3. The van der Waals surface area contributed by atoms with E-state index in [1.807, 2.05) is 0 Å². The van der Waals surface area contributed by atoms with Gasteiger partial charge in [0.05, 0.1) is 0 Å². The van der Waals surface area contributed by atoms with E-state index in [1.54, 1.807) is 34.1 Å². The van der Waals surface area contributed by atoms with Gasteiger partial charge in [0.2, 0.25) is 18.2 Å². The molecule has 1 aromatic carbocycles. The Morgan fingerprint density at radius 2 is 1.77 bits per heavy atom. The lowest BCUT2D eigenvalue weighted by atomic mass is 10.2. The van der Waals surface area contributed by atoms with E-state index in [1.165, 1.54) is 11.8 Å². The monoisotopic (exact) mass is 323 g/mol. The maximum Gasteiger partial charge on any atom is 0.242 e. The molecule has 1 saturated heterocycles. The Balaban J connectivity index is 2.02. The highest BCUT2D eigenvalue weighted by molar-refractivity contribution is 6.30. The van der Waals surface area contributed by atoms with Crippen LogP contribution in [0.15, 0.2) is 24.3 Å². The van der Waals surface area contributed by atoms with Gasteiger partial charge in [-0.15, -0.1) is 0 Å². The number of amides is 3. The van der Waals surface area contributed by atoms with E-state index in [0.717, 1.165) is 6.41 Å². The third-order valence-corrected chi connectivity index (χ3v) is 3.88. The number of halogens is 1. The molecule has 7 heteroatoms. The van der Waals surface area contributed by atoms with Crippen LogP contribution in [0, 0.1) is 0 Å². The van der Waals surface area contributed by atoms with Crippen molar-refractivity contribution in [2.45, 2.75) is 6.92 Å². The molecule has 0 saturated carbocycles. The van der Waals surface area contributed by atoms with E-state index in [0.29, 0.717) is 36.9 Å². The number of piperazine rings is 1. The molecule has 0 spiro atoms. The van der Waals surface area contributed by atoms with E-state index in [4.69, 9.17) is 11.6 Å². The number of rotatable bonds is 4. The maximum absolute atomic E-state index is 12.3. The van der Waals surface area contributed by atoms with Gasteiger partial charge in [-0.3, -0.25) is 14.4 Å². The second kappa shape index (κ2) is 7.26. The van der Waals surface area contributed by atoms with Crippen LogP contribution in [0.25, 0.3) is 0 Å². The third kappa shape index (κ3) is 3.98. The van der Waals surface area contributed by atoms with Gasteiger partial charge in [0.15, 0.2) is 0 Å². The fourth-order valence-electron chi connectivity index (χ4n) is 2.32.